The summed E-state index contributed by atoms with van der Waals surface area (Å²) in [5.74, 6) is 5.00. The Hall–Kier alpha value is -0.300. The largest absolute Gasteiger partial charge is 0.324 e. The van der Waals surface area contributed by atoms with Crippen LogP contribution in [0.2, 0.25) is 0 Å². The molecule has 0 radical (unpaired) electrons. The minimum atomic E-state index is 0.424. The Morgan fingerprint density at radius 1 is 1.00 bits per heavy atom. The predicted octanol–water partition coefficient (Wildman–Crippen LogP) is 3.50. The van der Waals surface area contributed by atoms with Gasteiger partial charge in [-0.2, -0.15) is 0 Å². The van der Waals surface area contributed by atoms with Crippen molar-refractivity contribution in [2.45, 2.75) is 57.4 Å². The molecule has 0 spiro atoms. The molecule has 0 aromatic rings. The van der Waals surface area contributed by atoms with Gasteiger partial charge in [-0.05, 0) is 81.0 Å². The van der Waals surface area contributed by atoms with E-state index in [0.717, 1.165) is 29.6 Å². The van der Waals surface area contributed by atoms with Crippen LogP contribution in [0.5, 0.6) is 0 Å². The second-order valence-corrected chi connectivity index (χ2v) is 7.21. The second kappa shape index (κ2) is 3.85. The zero-order valence-electron chi connectivity index (χ0n) is 10.8. The molecule has 0 saturated heterocycles. The topological polar surface area (TPSA) is 26.0 Å². The van der Waals surface area contributed by atoms with Crippen LogP contribution in [0.1, 0.15) is 51.4 Å². The van der Waals surface area contributed by atoms with Crippen molar-refractivity contribution in [2.75, 3.05) is 0 Å². The third-order valence-electron chi connectivity index (χ3n) is 6.22. The summed E-state index contributed by atoms with van der Waals surface area (Å²) in [4.78, 5) is 0. The maximum absolute atomic E-state index is 6.64. The molecule has 94 valence electrons. The van der Waals surface area contributed by atoms with Crippen molar-refractivity contribution in [1.82, 2.24) is 0 Å². The first-order valence-corrected chi connectivity index (χ1v) is 7.75. The summed E-state index contributed by atoms with van der Waals surface area (Å²) in [7, 11) is 0. The lowest BCUT2D eigenvalue weighted by Gasteiger charge is -2.56. The van der Waals surface area contributed by atoms with E-state index in [2.05, 4.69) is 6.08 Å². The summed E-state index contributed by atoms with van der Waals surface area (Å²) >= 11 is 0. The lowest BCUT2D eigenvalue weighted by molar-refractivity contribution is -0.0423. The molecule has 5 aliphatic rings. The molecule has 0 amide bonds. The van der Waals surface area contributed by atoms with Crippen molar-refractivity contribution in [3.63, 3.8) is 0 Å². The van der Waals surface area contributed by atoms with E-state index in [1.807, 2.05) is 0 Å². The Kier molecular flexibility index (Phi) is 2.40. The third kappa shape index (κ3) is 1.62. The number of rotatable bonds is 2. The van der Waals surface area contributed by atoms with Crippen LogP contribution < -0.4 is 5.73 Å². The Balaban J connectivity index is 1.57. The predicted molar refractivity (Wildman–Crippen MR) is 70.4 cm³/mol. The van der Waals surface area contributed by atoms with Gasteiger partial charge in [-0.1, -0.05) is 11.6 Å². The zero-order valence-corrected chi connectivity index (χ0v) is 10.8. The fourth-order valence-corrected chi connectivity index (χ4v) is 5.80. The SMILES string of the molecule is NC(C1=CCCC1)C1C2CC3CC(C2)CC1C3. The Morgan fingerprint density at radius 2 is 1.65 bits per heavy atom. The quantitative estimate of drug-likeness (QED) is 0.723. The molecule has 0 aromatic heterocycles. The standard InChI is InChI=1S/C16H25N/c17-16(12-3-1-2-4-12)15-13-6-10-5-11(8-13)9-14(15)7-10/h3,10-11,13-16H,1-2,4-9,17H2. The molecule has 1 nitrogen and oxygen atoms in total. The fourth-order valence-electron chi connectivity index (χ4n) is 5.80. The van der Waals surface area contributed by atoms with Crippen LogP contribution in [0, 0.1) is 29.6 Å². The number of hydrogen-bond donors (Lipinski definition) is 1. The van der Waals surface area contributed by atoms with Gasteiger partial charge < -0.3 is 5.73 Å². The molecule has 1 unspecified atom stereocenters. The molecule has 5 rings (SSSR count). The minimum absolute atomic E-state index is 0.424. The highest BCUT2D eigenvalue weighted by atomic mass is 14.7. The minimum Gasteiger partial charge on any atom is -0.324 e. The van der Waals surface area contributed by atoms with E-state index >= 15 is 0 Å². The molecular weight excluding hydrogens is 206 g/mol. The zero-order chi connectivity index (χ0) is 11.4. The van der Waals surface area contributed by atoms with Gasteiger partial charge in [0.05, 0.1) is 0 Å². The number of nitrogens with two attached hydrogens (primary N) is 1. The highest BCUT2D eigenvalue weighted by Gasteiger charge is 2.50. The second-order valence-electron chi connectivity index (χ2n) is 7.21. The maximum atomic E-state index is 6.64. The molecule has 2 N–H and O–H groups in total. The molecule has 4 bridgehead atoms. The summed E-state index contributed by atoms with van der Waals surface area (Å²) in [6, 6.07) is 0.424. The van der Waals surface area contributed by atoms with Gasteiger partial charge in [0.2, 0.25) is 0 Å². The number of hydrogen-bond acceptors (Lipinski definition) is 1. The van der Waals surface area contributed by atoms with Crippen LogP contribution in [0.3, 0.4) is 0 Å². The Labute approximate surface area is 105 Å². The van der Waals surface area contributed by atoms with E-state index in [1.165, 1.54) is 44.9 Å². The normalized spacial score (nSPS) is 49.5. The summed E-state index contributed by atoms with van der Waals surface area (Å²) in [5, 5.41) is 0. The molecule has 0 aliphatic heterocycles. The van der Waals surface area contributed by atoms with Crippen LogP contribution in [-0.4, -0.2) is 6.04 Å². The van der Waals surface area contributed by atoms with Crippen LogP contribution in [-0.2, 0) is 0 Å². The first-order chi connectivity index (χ1) is 8.31. The summed E-state index contributed by atoms with van der Waals surface area (Å²) in [6.07, 6.45) is 14.0. The van der Waals surface area contributed by atoms with E-state index in [1.54, 1.807) is 12.0 Å². The Bertz CT molecular complexity index is 315. The van der Waals surface area contributed by atoms with Gasteiger partial charge in [0, 0.05) is 6.04 Å². The number of allylic oxidation sites excluding steroid dienone is 1. The van der Waals surface area contributed by atoms with Gasteiger partial charge >= 0.3 is 0 Å². The van der Waals surface area contributed by atoms with Crippen LogP contribution in [0.4, 0.5) is 0 Å². The van der Waals surface area contributed by atoms with Crippen molar-refractivity contribution in [3.05, 3.63) is 11.6 Å². The highest BCUT2D eigenvalue weighted by Crippen LogP contribution is 2.57. The molecule has 1 atom stereocenters. The van der Waals surface area contributed by atoms with Gasteiger partial charge in [0.1, 0.15) is 0 Å². The maximum Gasteiger partial charge on any atom is 0.0287 e. The summed E-state index contributed by atoms with van der Waals surface area (Å²) < 4.78 is 0. The van der Waals surface area contributed by atoms with E-state index in [0.29, 0.717) is 6.04 Å². The van der Waals surface area contributed by atoms with Gasteiger partial charge in [-0.25, -0.2) is 0 Å². The average Bonchev–Trinajstić information content (AvgIpc) is 2.80. The van der Waals surface area contributed by atoms with E-state index in [-0.39, 0.29) is 0 Å². The van der Waals surface area contributed by atoms with Crippen molar-refractivity contribution >= 4 is 0 Å². The van der Waals surface area contributed by atoms with Gasteiger partial charge in [-0.3, -0.25) is 0 Å². The Morgan fingerprint density at radius 3 is 2.18 bits per heavy atom. The highest BCUT2D eigenvalue weighted by molar-refractivity contribution is 5.18. The first kappa shape index (κ1) is 10.6. The monoisotopic (exact) mass is 231 g/mol. The van der Waals surface area contributed by atoms with E-state index in [4.69, 9.17) is 5.73 Å². The lowest BCUT2D eigenvalue weighted by Crippen LogP contribution is -2.52. The first-order valence-electron chi connectivity index (χ1n) is 7.75. The lowest BCUT2D eigenvalue weighted by atomic mass is 9.50. The molecule has 1 heteroatoms. The van der Waals surface area contributed by atoms with Gasteiger partial charge in [0.25, 0.3) is 0 Å². The van der Waals surface area contributed by atoms with Gasteiger partial charge in [-0.15, -0.1) is 0 Å². The molecule has 0 heterocycles. The average molecular weight is 231 g/mol. The summed E-state index contributed by atoms with van der Waals surface area (Å²) in [5.41, 5.74) is 8.25. The third-order valence-corrected chi connectivity index (χ3v) is 6.22. The van der Waals surface area contributed by atoms with E-state index in [9.17, 15) is 0 Å². The van der Waals surface area contributed by atoms with Gasteiger partial charge in [0.15, 0.2) is 0 Å². The van der Waals surface area contributed by atoms with Crippen molar-refractivity contribution in [3.8, 4) is 0 Å². The molecular formula is C16H25N. The van der Waals surface area contributed by atoms with Crippen molar-refractivity contribution in [1.29, 1.82) is 0 Å². The fraction of sp³-hybridized carbons (Fsp3) is 0.875. The van der Waals surface area contributed by atoms with Crippen molar-refractivity contribution < 1.29 is 0 Å². The molecule has 5 aliphatic carbocycles. The van der Waals surface area contributed by atoms with Crippen LogP contribution in [0.15, 0.2) is 11.6 Å². The molecule has 4 fully saturated rings. The smallest absolute Gasteiger partial charge is 0.0287 e. The van der Waals surface area contributed by atoms with E-state index < -0.39 is 0 Å². The van der Waals surface area contributed by atoms with Crippen molar-refractivity contribution in [2.24, 2.45) is 35.3 Å². The summed E-state index contributed by atoms with van der Waals surface area (Å²) in [6.45, 7) is 0. The molecule has 4 saturated carbocycles. The van der Waals surface area contributed by atoms with Crippen LogP contribution in [0.25, 0.3) is 0 Å². The molecule has 17 heavy (non-hydrogen) atoms. The molecule has 0 aromatic carbocycles. The van der Waals surface area contributed by atoms with Crippen LogP contribution >= 0.6 is 0 Å².